The molecular weight excluding hydrogens is 128 g/mol. The molecule has 0 aliphatic carbocycles. The molecule has 0 aromatic heterocycles. The maximum Gasteiger partial charge on any atom is 0.247 e. The summed E-state index contributed by atoms with van der Waals surface area (Å²) < 4.78 is 0. The van der Waals surface area contributed by atoms with Crippen molar-refractivity contribution >= 4 is 5.91 Å². The fraction of sp³-hybridized carbons (Fsp3) is 0.571. The Labute approximate surface area is 61.7 Å². The Bertz CT molecular complexity index is 141. The molecule has 0 fully saturated rings. The van der Waals surface area contributed by atoms with E-state index in [2.05, 4.69) is 11.9 Å². The zero-order chi connectivity index (χ0) is 8.15. The molecule has 0 saturated carbocycles. The van der Waals surface area contributed by atoms with Gasteiger partial charge in [-0.1, -0.05) is 6.58 Å². The molecule has 0 saturated heterocycles. The second-order valence-electron chi connectivity index (χ2n) is 2.52. The van der Waals surface area contributed by atoms with Gasteiger partial charge in [-0.15, -0.1) is 0 Å². The predicted octanol–water partition coefficient (Wildman–Crippen LogP) is 0.198. The van der Waals surface area contributed by atoms with Gasteiger partial charge < -0.3 is 5.32 Å². The third kappa shape index (κ3) is 4.09. The first-order valence-electron chi connectivity index (χ1n) is 3.12. The number of carbonyl (C=O) groups excluding carboxylic acids is 1. The van der Waals surface area contributed by atoms with Crippen molar-refractivity contribution in [1.29, 1.82) is 0 Å². The van der Waals surface area contributed by atoms with Gasteiger partial charge in [0.1, 0.15) is 0 Å². The van der Waals surface area contributed by atoms with Crippen LogP contribution < -0.4 is 5.32 Å². The molecule has 1 N–H and O–H groups in total. The van der Waals surface area contributed by atoms with E-state index in [0.717, 1.165) is 0 Å². The number of nitrogens with zero attached hydrogens (tertiary/aromatic N) is 1. The fourth-order valence-electron chi connectivity index (χ4n) is 0.381. The summed E-state index contributed by atoms with van der Waals surface area (Å²) in [6, 6.07) is 0. The van der Waals surface area contributed by atoms with Crippen LogP contribution in [0, 0.1) is 0 Å². The van der Waals surface area contributed by atoms with E-state index >= 15 is 0 Å². The lowest BCUT2D eigenvalue weighted by atomic mass is 10.3. The smallest absolute Gasteiger partial charge is 0.247 e. The molecule has 10 heavy (non-hydrogen) atoms. The van der Waals surface area contributed by atoms with Crippen LogP contribution in [0.3, 0.4) is 0 Å². The van der Waals surface area contributed by atoms with E-state index in [0.29, 0.717) is 12.2 Å². The van der Waals surface area contributed by atoms with E-state index in [9.17, 15) is 4.79 Å². The van der Waals surface area contributed by atoms with E-state index < -0.39 is 0 Å². The molecule has 0 radical (unpaired) electrons. The van der Waals surface area contributed by atoms with E-state index in [1.807, 2.05) is 19.0 Å². The Kier molecular flexibility index (Phi) is 3.72. The van der Waals surface area contributed by atoms with Crippen LogP contribution in [0.25, 0.3) is 0 Å². The standard InChI is InChI=1S/C7H14N2O/c1-6(2)7(10)8-5-9(3)4/h1,5H2,2-4H3,(H,8,10). The summed E-state index contributed by atoms with van der Waals surface area (Å²) in [6.07, 6.45) is 0. The van der Waals surface area contributed by atoms with Gasteiger partial charge in [-0.05, 0) is 21.0 Å². The van der Waals surface area contributed by atoms with Gasteiger partial charge in [0.15, 0.2) is 0 Å². The van der Waals surface area contributed by atoms with E-state index in [1.54, 1.807) is 6.92 Å². The number of nitrogens with one attached hydrogen (secondary N) is 1. The average Bonchev–Trinajstić information content (AvgIpc) is 1.82. The normalized spacial score (nSPS) is 9.60. The Morgan fingerprint density at radius 1 is 1.60 bits per heavy atom. The van der Waals surface area contributed by atoms with Crippen LogP contribution in [0.2, 0.25) is 0 Å². The van der Waals surface area contributed by atoms with Crippen LogP contribution >= 0.6 is 0 Å². The van der Waals surface area contributed by atoms with Gasteiger partial charge >= 0.3 is 0 Å². The molecule has 3 heteroatoms. The van der Waals surface area contributed by atoms with Gasteiger partial charge in [-0.3, -0.25) is 9.69 Å². The molecule has 0 aliphatic rings. The zero-order valence-electron chi connectivity index (χ0n) is 6.77. The molecule has 58 valence electrons. The molecule has 0 rings (SSSR count). The lowest BCUT2D eigenvalue weighted by Gasteiger charge is -2.10. The summed E-state index contributed by atoms with van der Waals surface area (Å²) in [4.78, 5) is 12.7. The van der Waals surface area contributed by atoms with E-state index in [4.69, 9.17) is 0 Å². The summed E-state index contributed by atoms with van der Waals surface area (Å²) >= 11 is 0. The molecule has 0 unspecified atom stereocenters. The molecular formula is C7H14N2O. The minimum absolute atomic E-state index is 0.0892. The molecule has 0 aromatic rings. The number of amides is 1. The number of hydrogen-bond acceptors (Lipinski definition) is 2. The summed E-state index contributed by atoms with van der Waals surface area (Å²) in [5.74, 6) is -0.0892. The van der Waals surface area contributed by atoms with Crippen molar-refractivity contribution in [3.8, 4) is 0 Å². The first kappa shape index (κ1) is 9.17. The highest BCUT2D eigenvalue weighted by Crippen LogP contribution is 1.84. The second kappa shape index (κ2) is 4.06. The maximum atomic E-state index is 10.8. The Hall–Kier alpha value is -0.830. The number of carbonyl (C=O) groups is 1. The fourth-order valence-corrected chi connectivity index (χ4v) is 0.381. The highest BCUT2D eigenvalue weighted by molar-refractivity contribution is 5.91. The molecule has 0 spiro atoms. The van der Waals surface area contributed by atoms with Crippen molar-refractivity contribution in [3.05, 3.63) is 12.2 Å². The van der Waals surface area contributed by atoms with Crippen molar-refractivity contribution in [2.24, 2.45) is 0 Å². The SMILES string of the molecule is C=C(C)C(=O)NCN(C)C. The first-order valence-corrected chi connectivity index (χ1v) is 3.12. The largest absolute Gasteiger partial charge is 0.340 e. The van der Waals surface area contributed by atoms with E-state index in [-0.39, 0.29) is 5.91 Å². The molecule has 0 atom stereocenters. The zero-order valence-corrected chi connectivity index (χ0v) is 6.77. The third-order valence-electron chi connectivity index (χ3n) is 0.943. The van der Waals surface area contributed by atoms with Crippen LogP contribution in [0.5, 0.6) is 0 Å². The molecule has 1 amide bonds. The third-order valence-corrected chi connectivity index (χ3v) is 0.943. The van der Waals surface area contributed by atoms with Gasteiger partial charge in [-0.2, -0.15) is 0 Å². The van der Waals surface area contributed by atoms with Gasteiger partial charge in [0.05, 0.1) is 6.67 Å². The van der Waals surface area contributed by atoms with Gasteiger partial charge in [-0.25, -0.2) is 0 Å². The van der Waals surface area contributed by atoms with Gasteiger partial charge in [0.2, 0.25) is 5.91 Å². The van der Waals surface area contributed by atoms with Crippen LogP contribution in [0.1, 0.15) is 6.92 Å². The topological polar surface area (TPSA) is 32.3 Å². The van der Waals surface area contributed by atoms with Crippen LogP contribution in [0.15, 0.2) is 12.2 Å². The monoisotopic (exact) mass is 142 g/mol. The molecule has 0 bridgehead atoms. The molecule has 0 heterocycles. The summed E-state index contributed by atoms with van der Waals surface area (Å²) in [7, 11) is 3.78. The second-order valence-corrected chi connectivity index (χ2v) is 2.52. The highest BCUT2D eigenvalue weighted by atomic mass is 16.1. The van der Waals surface area contributed by atoms with Gasteiger partial charge in [0, 0.05) is 5.57 Å². The molecule has 0 aliphatic heterocycles. The minimum Gasteiger partial charge on any atom is -0.340 e. The summed E-state index contributed by atoms with van der Waals surface area (Å²) in [6.45, 7) is 5.75. The Morgan fingerprint density at radius 2 is 2.10 bits per heavy atom. The average molecular weight is 142 g/mol. The van der Waals surface area contributed by atoms with Crippen LogP contribution in [-0.2, 0) is 4.79 Å². The lowest BCUT2D eigenvalue weighted by Crippen LogP contribution is -2.33. The van der Waals surface area contributed by atoms with E-state index in [1.165, 1.54) is 0 Å². The van der Waals surface area contributed by atoms with Crippen molar-refractivity contribution in [3.63, 3.8) is 0 Å². The van der Waals surface area contributed by atoms with Crippen molar-refractivity contribution in [2.45, 2.75) is 6.92 Å². The minimum atomic E-state index is -0.0892. The maximum absolute atomic E-state index is 10.8. The highest BCUT2D eigenvalue weighted by Gasteiger charge is 1.98. The Morgan fingerprint density at radius 3 is 2.40 bits per heavy atom. The predicted molar refractivity (Wildman–Crippen MR) is 41.5 cm³/mol. The summed E-state index contributed by atoms with van der Waals surface area (Å²) in [5, 5.41) is 2.67. The van der Waals surface area contributed by atoms with Crippen molar-refractivity contribution in [2.75, 3.05) is 20.8 Å². The van der Waals surface area contributed by atoms with Crippen molar-refractivity contribution < 1.29 is 4.79 Å². The molecule has 0 aromatic carbocycles. The van der Waals surface area contributed by atoms with Crippen LogP contribution in [0.4, 0.5) is 0 Å². The van der Waals surface area contributed by atoms with Gasteiger partial charge in [0.25, 0.3) is 0 Å². The number of hydrogen-bond donors (Lipinski definition) is 1. The van der Waals surface area contributed by atoms with Crippen molar-refractivity contribution in [1.82, 2.24) is 10.2 Å². The number of rotatable bonds is 3. The lowest BCUT2D eigenvalue weighted by molar-refractivity contribution is -0.117. The quantitative estimate of drug-likeness (QED) is 0.451. The molecule has 3 nitrogen and oxygen atoms in total. The van der Waals surface area contributed by atoms with Crippen LogP contribution in [-0.4, -0.2) is 31.6 Å². The summed E-state index contributed by atoms with van der Waals surface area (Å²) in [5.41, 5.74) is 0.543. The Balaban J connectivity index is 3.50. The first-order chi connectivity index (χ1) is 4.54.